The molecule has 4 aliphatic rings. The summed E-state index contributed by atoms with van der Waals surface area (Å²) in [5, 5.41) is 31.7. The molecule has 5 heteroatoms. The molecule has 0 bridgehead atoms. The Kier molecular flexibility index (Phi) is 3.89. The molecule has 2 saturated carbocycles. The molecule has 0 amide bonds. The van der Waals surface area contributed by atoms with Crippen molar-refractivity contribution >= 4 is 11.6 Å². The average Bonchev–Trinajstić information content (AvgIpc) is 2.86. The number of rotatable bonds is 2. The van der Waals surface area contributed by atoms with Crippen LogP contribution in [0, 0.1) is 28.6 Å². The topological polar surface area (TPSA) is 94.8 Å². The Morgan fingerprint density at radius 2 is 2.08 bits per heavy atom. The number of carbonyl (C=O) groups is 2. The number of allylic oxidation sites excluding steroid dienone is 4. The van der Waals surface area contributed by atoms with Crippen LogP contribution >= 0.6 is 0 Å². The van der Waals surface area contributed by atoms with E-state index in [-0.39, 0.29) is 29.0 Å². The van der Waals surface area contributed by atoms with E-state index < -0.39 is 29.5 Å². The van der Waals surface area contributed by atoms with E-state index in [0.717, 1.165) is 12.0 Å². The molecular weight excluding hydrogens is 332 g/mol. The maximum atomic E-state index is 12.3. The molecular formula is C21H28O5. The molecule has 0 aromatic rings. The standard InChI is InChI=1S/C21H28O5/c1-19-7-5-13(23)9-12(19)3-4-14-15-6-8-21(26,17(25)11-22)20(15,2)10-16(24)18(14)19/h3,5,7,14-16,18,22,24,26H,4,6,8-11H2,1-2H3/t14?,15?,16-,18?,19-,20-,21?/m0/s1. The second-order valence-corrected chi connectivity index (χ2v) is 9.19. The second kappa shape index (κ2) is 5.60. The van der Waals surface area contributed by atoms with Gasteiger partial charge in [-0.3, -0.25) is 9.59 Å². The zero-order valence-corrected chi connectivity index (χ0v) is 15.4. The van der Waals surface area contributed by atoms with Crippen molar-refractivity contribution in [3.8, 4) is 0 Å². The van der Waals surface area contributed by atoms with Crippen molar-refractivity contribution in [1.29, 1.82) is 0 Å². The molecule has 4 aliphatic carbocycles. The Morgan fingerprint density at radius 1 is 1.35 bits per heavy atom. The van der Waals surface area contributed by atoms with Gasteiger partial charge in [-0.05, 0) is 43.6 Å². The minimum atomic E-state index is -1.57. The third kappa shape index (κ3) is 2.08. The summed E-state index contributed by atoms with van der Waals surface area (Å²) in [5.41, 5.74) is -1.56. The van der Waals surface area contributed by atoms with Gasteiger partial charge >= 0.3 is 0 Å². The van der Waals surface area contributed by atoms with Crippen molar-refractivity contribution in [1.82, 2.24) is 0 Å². The summed E-state index contributed by atoms with van der Waals surface area (Å²) in [4.78, 5) is 24.2. The van der Waals surface area contributed by atoms with Crippen LogP contribution in [-0.4, -0.2) is 45.2 Å². The second-order valence-electron chi connectivity index (χ2n) is 9.19. The highest BCUT2D eigenvalue weighted by molar-refractivity contribution is 5.93. The molecule has 0 radical (unpaired) electrons. The Hall–Kier alpha value is -1.30. The zero-order valence-electron chi connectivity index (χ0n) is 15.4. The van der Waals surface area contributed by atoms with Gasteiger partial charge in [-0.1, -0.05) is 31.6 Å². The molecule has 0 saturated heterocycles. The first-order valence-electron chi connectivity index (χ1n) is 9.63. The van der Waals surface area contributed by atoms with E-state index in [1.54, 1.807) is 6.08 Å². The maximum Gasteiger partial charge on any atom is 0.190 e. The van der Waals surface area contributed by atoms with Crippen LogP contribution in [0.1, 0.15) is 46.0 Å². The Morgan fingerprint density at radius 3 is 2.77 bits per heavy atom. The number of hydrogen-bond acceptors (Lipinski definition) is 5. The van der Waals surface area contributed by atoms with Crippen molar-refractivity contribution in [3.05, 3.63) is 23.8 Å². The van der Waals surface area contributed by atoms with Gasteiger partial charge in [0.15, 0.2) is 11.6 Å². The normalized spacial score (nSPS) is 49.9. The van der Waals surface area contributed by atoms with Gasteiger partial charge in [-0.15, -0.1) is 0 Å². The molecule has 0 aromatic carbocycles. The summed E-state index contributed by atoms with van der Waals surface area (Å²) in [5.74, 6) is -0.190. The van der Waals surface area contributed by atoms with Gasteiger partial charge in [0, 0.05) is 23.2 Å². The van der Waals surface area contributed by atoms with Crippen molar-refractivity contribution in [3.63, 3.8) is 0 Å². The van der Waals surface area contributed by atoms with Gasteiger partial charge in [0.2, 0.25) is 0 Å². The fraction of sp³-hybridized carbons (Fsp3) is 0.714. The van der Waals surface area contributed by atoms with Crippen LogP contribution in [0.2, 0.25) is 0 Å². The SMILES string of the molecule is C[C@]12C=CC(=O)CC1=CCC1C2[C@@H](O)C[C@@]2(C)C1CCC2(O)C(=O)CO. The minimum absolute atomic E-state index is 0.0171. The first kappa shape index (κ1) is 18.1. The number of fused-ring (bicyclic) bond motifs is 5. The smallest absolute Gasteiger partial charge is 0.190 e. The molecule has 0 heterocycles. The Bertz CT molecular complexity index is 724. The third-order valence-electron chi connectivity index (χ3n) is 8.21. The first-order chi connectivity index (χ1) is 12.2. The number of Topliss-reactive ketones (excluding diaryl/α,β-unsaturated/α-hetero) is 1. The van der Waals surface area contributed by atoms with Crippen molar-refractivity contribution in [2.45, 2.75) is 57.7 Å². The van der Waals surface area contributed by atoms with E-state index in [1.165, 1.54) is 0 Å². The molecule has 0 spiro atoms. The van der Waals surface area contributed by atoms with Gasteiger partial charge in [0.25, 0.3) is 0 Å². The lowest BCUT2D eigenvalue weighted by atomic mass is 9.47. The van der Waals surface area contributed by atoms with Gasteiger partial charge < -0.3 is 15.3 Å². The Labute approximate surface area is 153 Å². The van der Waals surface area contributed by atoms with Gasteiger partial charge in [0.05, 0.1) is 6.10 Å². The van der Waals surface area contributed by atoms with E-state index in [2.05, 4.69) is 13.0 Å². The number of carbonyl (C=O) groups excluding carboxylic acids is 2. The van der Waals surface area contributed by atoms with Gasteiger partial charge in [-0.25, -0.2) is 0 Å². The Balaban J connectivity index is 1.76. The lowest BCUT2D eigenvalue weighted by Gasteiger charge is -2.58. The van der Waals surface area contributed by atoms with Crippen LogP contribution in [0.25, 0.3) is 0 Å². The predicted octanol–water partition coefficient (Wildman–Crippen LogP) is 1.56. The summed E-state index contributed by atoms with van der Waals surface area (Å²) in [6.45, 7) is 3.33. The number of aliphatic hydroxyl groups is 3. The monoisotopic (exact) mass is 360 g/mol. The predicted molar refractivity (Wildman–Crippen MR) is 95.0 cm³/mol. The molecule has 2 fully saturated rings. The quantitative estimate of drug-likeness (QED) is 0.650. The lowest BCUT2D eigenvalue weighted by Crippen LogP contribution is -2.61. The molecule has 0 aromatic heterocycles. The summed E-state index contributed by atoms with van der Waals surface area (Å²) in [6.07, 6.45) is 7.64. The minimum Gasteiger partial charge on any atom is -0.393 e. The lowest BCUT2D eigenvalue weighted by molar-refractivity contribution is -0.176. The highest BCUT2D eigenvalue weighted by Gasteiger charge is 2.67. The van der Waals surface area contributed by atoms with Gasteiger partial charge in [0.1, 0.15) is 12.2 Å². The maximum absolute atomic E-state index is 12.3. The van der Waals surface area contributed by atoms with E-state index in [0.29, 0.717) is 25.7 Å². The number of hydrogen-bond donors (Lipinski definition) is 3. The average molecular weight is 360 g/mol. The molecule has 3 N–H and O–H groups in total. The summed E-state index contributed by atoms with van der Waals surface area (Å²) in [6, 6.07) is 0. The van der Waals surface area contributed by atoms with E-state index >= 15 is 0 Å². The van der Waals surface area contributed by atoms with Gasteiger partial charge in [-0.2, -0.15) is 0 Å². The number of aliphatic hydroxyl groups excluding tert-OH is 2. The van der Waals surface area contributed by atoms with Crippen LogP contribution in [0.4, 0.5) is 0 Å². The molecule has 26 heavy (non-hydrogen) atoms. The molecule has 4 unspecified atom stereocenters. The summed E-state index contributed by atoms with van der Waals surface area (Å²) >= 11 is 0. The van der Waals surface area contributed by atoms with Crippen molar-refractivity contribution < 1.29 is 24.9 Å². The molecule has 4 rings (SSSR count). The van der Waals surface area contributed by atoms with Crippen LogP contribution in [0.15, 0.2) is 23.8 Å². The fourth-order valence-corrected chi connectivity index (χ4v) is 6.83. The molecule has 0 aliphatic heterocycles. The zero-order chi connectivity index (χ0) is 18.9. The van der Waals surface area contributed by atoms with Crippen LogP contribution < -0.4 is 0 Å². The van der Waals surface area contributed by atoms with Crippen LogP contribution in [0.5, 0.6) is 0 Å². The fourth-order valence-electron chi connectivity index (χ4n) is 6.83. The summed E-state index contributed by atoms with van der Waals surface area (Å²) in [7, 11) is 0. The van der Waals surface area contributed by atoms with Crippen molar-refractivity contribution in [2.75, 3.05) is 6.61 Å². The molecule has 7 atom stereocenters. The first-order valence-corrected chi connectivity index (χ1v) is 9.63. The van der Waals surface area contributed by atoms with E-state index in [9.17, 15) is 24.9 Å². The molecule has 5 nitrogen and oxygen atoms in total. The summed E-state index contributed by atoms with van der Waals surface area (Å²) < 4.78 is 0. The van der Waals surface area contributed by atoms with Crippen LogP contribution in [-0.2, 0) is 9.59 Å². The highest BCUT2D eigenvalue weighted by Crippen LogP contribution is 2.66. The van der Waals surface area contributed by atoms with E-state index in [4.69, 9.17) is 0 Å². The largest absolute Gasteiger partial charge is 0.393 e. The van der Waals surface area contributed by atoms with Crippen molar-refractivity contribution in [2.24, 2.45) is 28.6 Å². The van der Waals surface area contributed by atoms with Crippen LogP contribution in [0.3, 0.4) is 0 Å². The highest BCUT2D eigenvalue weighted by atomic mass is 16.3. The molecule has 142 valence electrons. The van der Waals surface area contributed by atoms with E-state index in [1.807, 2.05) is 13.0 Å². The number of ketones is 2. The third-order valence-corrected chi connectivity index (χ3v) is 8.21.